The van der Waals surface area contributed by atoms with Gasteiger partial charge in [0.15, 0.2) is 0 Å². The van der Waals surface area contributed by atoms with Gasteiger partial charge in [-0.3, -0.25) is 4.79 Å². The van der Waals surface area contributed by atoms with Crippen LogP contribution in [0.15, 0.2) is 12.2 Å². The van der Waals surface area contributed by atoms with Gasteiger partial charge >= 0.3 is 5.97 Å². The van der Waals surface area contributed by atoms with E-state index in [1.807, 2.05) is 6.92 Å². The van der Waals surface area contributed by atoms with Crippen LogP contribution in [0, 0.1) is 0 Å². The molecule has 0 aromatic rings. The Morgan fingerprint density at radius 2 is 2.13 bits per heavy atom. The van der Waals surface area contributed by atoms with Crippen LogP contribution in [0.1, 0.15) is 32.6 Å². The molecule has 0 rings (SSSR count). The molecule has 88 valence electrons. The van der Waals surface area contributed by atoms with Crippen molar-refractivity contribution in [2.24, 2.45) is 5.73 Å². The molecule has 4 heteroatoms. The summed E-state index contributed by atoms with van der Waals surface area (Å²) in [6.07, 6.45) is 3.27. The number of aliphatic carboxylic acids is 1. The van der Waals surface area contributed by atoms with Gasteiger partial charge in [0.1, 0.15) is 6.04 Å². The van der Waals surface area contributed by atoms with Gasteiger partial charge in [-0.1, -0.05) is 25.0 Å². The zero-order valence-corrected chi connectivity index (χ0v) is 9.37. The monoisotopic (exact) mass is 215 g/mol. The van der Waals surface area contributed by atoms with E-state index < -0.39 is 12.0 Å². The molecule has 1 unspecified atom stereocenters. The topological polar surface area (TPSA) is 72.5 Å². The smallest absolute Gasteiger partial charge is 0.320 e. The lowest BCUT2D eigenvalue weighted by Crippen LogP contribution is -2.29. The number of rotatable bonds is 9. The van der Waals surface area contributed by atoms with E-state index in [1.165, 1.54) is 0 Å². The van der Waals surface area contributed by atoms with E-state index in [1.54, 1.807) is 0 Å². The lowest BCUT2D eigenvalue weighted by molar-refractivity contribution is -0.138. The highest BCUT2D eigenvalue weighted by Gasteiger charge is 2.09. The van der Waals surface area contributed by atoms with Crippen molar-refractivity contribution >= 4 is 5.97 Å². The molecule has 0 amide bonds. The summed E-state index contributed by atoms with van der Waals surface area (Å²) in [6, 6.07) is -0.721. The van der Waals surface area contributed by atoms with E-state index in [0.717, 1.165) is 24.8 Å². The molecule has 0 spiro atoms. The van der Waals surface area contributed by atoms with Gasteiger partial charge in [-0.05, 0) is 19.8 Å². The van der Waals surface area contributed by atoms with Crippen molar-refractivity contribution < 1.29 is 14.6 Å². The molecule has 0 aliphatic carbocycles. The number of carboxylic acids is 1. The number of hydrogen-bond donors (Lipinski definition) is 2. The van der Waals surface area contributed by atoms with E-state index in [9.17, 15) is 4.79 Å². The van der Waals surface area contributed by atoms with Gasteiger partial charge in [-0.25, -0.2) is 0 Å². The Labute approximate surface area is 91.1 Å². The summed E-state index contributed by atoms with van der Waals surface area (Å²) in [4.78, 5) is 10.4. The maximum absolute atomic E-state index is 10.4. The lowest BCUT2D eigenvalue weighted by atomic mass is 10.1. The minimum absolute atomic E-state index is 0.538. The predicted octanol–water partition coefficient (Wildman–Crippen LogP) is 1.55. The van der Waals surface area contributed by atoms with Crippen LogP contribution < -0.4 is 5.73 Å². The van der Waals surface area contributed by atoms with Crippen LogP contribution in [0.2, 0.25) is 0 Å². The van der Waals surface area contributed by atoms with Crippen LogP contribution in [-0.2, 0) is 9.53 Å². The fourth-order valence-electron chi connectivity index (χ4n) is 1.12. The molecule has 15 heavy (non-hydrogen) atoms. The molecule has 0 saturated heterocycles. The second-order valence-electron chi connectivity index (χ2n) is 3.80. The summed E-state index contributed by atoms with van der Waals surface area (Å²) in [7, 11) is 0. The van der Waals surface area contributed by atoms with Gasteiger partial charge < -0.3 is 15.6 Å². The van der Waals surface area contributed by atoms with Gasteiger partial charge in [0, 0.05) is 6.61 Å². The van der Waals surface area contributed by atoms with E-state index in [-0.39, 0.29) is 0 Å². The molecule has 0 radical (unpaired) electrons. The van der Waals surface area contributed by atoms with Crippen LogP contribution >= 0.6 is 0 Å². The first-order valence-corrected chi connectivity index (χ1v) is 5.24. The molecule has 0 aliphatic rings. The molecule has 0 aliphatic heterocycles. The quantitative estimate of drug-likeness (QED) is 0.452. The van der Waals surface area contributed by atoms with Crippen molar-refractivity contribution in [2.75, 3.05) is 13.2 Å². The van der Waals surface area contributed by atoms with Crippen molar-refractivity contribution in [3.8, 4) is 0 Å². The number of carbonyl (C=O) groups is 1. The van der Waals surface area contributed by atoms with Crippen LogP contribution in [0.4, 0.5) is 0 Å². The Bertz CT molecular complexity index is 204. The van der Waals surface area contributed by atoms with Crippen molar-refractivity contribution in [3.63, 3.8) is 0 Å². The molecule has 1 atom stereocenters. The first kappa shape index (κ1) is 14.1. The number of nitrogens with two attached hydrogens (primary N) is 1. The largest absolute Gasteiger partial charge is 0.480 e. The zero-order chi connectivity index (χ0) is 11.7. The van der Waals surface area contributed by atoms with Crippen molar-refractivity contribution in [2.45, 2.75) is 38.6 Å². The Kier molecular flexibility index (Phi) is 7.95. The molecular formula is C11H21NO3. The maximum atomic E-state index is 10.4. The molecule has 3 N–H and O–H groups in total. The summed E-state index contributed by atoms with van der Waals surface area (Å²) in [5.41, 5.74) is 6.37. The Hall–Kier alpha value is -0.870. The minimum atomic E-state index is -0.923. The van der Waals surface area contributed by atoms with E-state index in [2.05, 4.69) is 6.58 Å². The summed E-state index contributed by atoms with van der Waals surface area (Å²) in [5, 5.41) is 8.52. The fraction of sp³-hybridized carbons (Fsp3) is 0.727. The summed E-state index contributed by atoms with van der Waals surface area (Å²) < 4.78 is 5.30. The second-order valence-corrected chi connectivity index (χ2v) is 3.80. The van der Waals surface area contributed by atoms with Crippen molar-refractivity contribution in [1.82, 2.24) is 0 Å². The molecule has 0 heterocycles. The van der Waals surface area contributed by atoms with Gasteiger partial charge in [-0.15, -0.1) is 0 Å². The fourth-order valence-corrected chi connectivity index (χ4v) is 1.12. The third-order valence-corrected chi connectivity index (χ3v) is 1.97. The lowest BCUT2D eigenvalue weighted by Gasteiger charge is -2.06. The SMILES string of the molecule is C=C(C)COCCCCCC(N)C(=O)O. The number of unbranched alkanes of at least 4 members (excludes halogenated alkanes) is 2. The zero-order valence-electron chi connectivity index (χ0n) is 9.37. The summed E-state index contributed by atoms with van der Waals surface area (Å²) >= 11 is 0. The maximum Gasteiger partial charge on any atom is 0.320 e. The predicted molar refractivity (Wildman–Crippen MR) is 59.7 cm³/mol. The normalized spacial score (nSPS) is 12.4. The minimum Gasteiger partial charge on any atom is -0.480 e. The number of carboxylic acid groups (broad SMARTS) is 1. The summed E-state index contributed by atoms with van der Waals surface area (Å²) in [6.45, 7) is 6.96. The average molecular weight is 215 g/mol. The molecule has 0 fully saturated rings. The van der Waals surface area contributed by atoms with Crippen molar-refractivity contribution in [3.05, 3.63) is 12.2 Å². The van der Waals surface area contributed by atoms with Gasteiger partial charge in [0.05, 0.1) is 6.61 Å². The number of ether oxygens (including phenoxy) is 1. The third-order valence-electron chi connectivity index (χ3n) is 1.97. The average Bonchev–Trinajstić information content (AvgIpc) is 2.15. The van der Waals surface area contributed by atoms with E-state index in [0.29, 0.717) is 19.6 Å². The first-order chi connectivity index (χ1) is 7.04. The summed E-state index contributed by atoms with van der Waals surface area (Å²) in [5.74, 6) is -0.923. The van der Waals surface area contributed by atoms with E-state index >= 15 is 0 Å². The van der Waals surface area contributed by atoms with Crippen LogP contribution in [0.5, 0.6) is 0 Å². The molecular weight excluding hydrogens is 194 g/mol. The van der Waals surface area contributed by atoms with E-state index in [4.69, 9.17) is 15.6 Å². The standard InChI is InChI=1S/C11H21NO3/c1-9(2)8-15-7-5-3-4-6-10(12)11(13)14/h10H,1,3-8,12H2,2H3,(H,13,14). The Morgan fingerprint density at radius 3 is 2.67 bits per heavy atom. The van der Waals surface area contributed by atoms with Crippen LogP contribution in [-0.4, -0.2) is 30.3 Å². The molecule has 0 aromatic heterocycles. The molecule has 0 saturated carbocycles. The van der Waals surface area contributed by atoms with Crippen molar-refractivity contribution in [1.29, 1.82) is 0 Å². The first-order valence-electron chi connectivity index (χ1n) is 5.24. The van der Waals surface area contributed by atoms with Gasteiger partial charge in [-0.2, -0.15) is 0 Å². The highest BCUT2D eigenvalue weighted by molar-refractivity contribution is 5.72. The van der Waals surface area contributed by atoms with Crippen LogP contribution in [0.3, 0.4) is 0 Å². The number of hydrogen-bond acceptors (Lipinski definition) is 3. The van der Waals surface area contributed by atoms with Gasteiger partial charge in [0.2, 0.25) is 0 Å². The molecule has 4 nitrogen and oxygen atoms in total. The molecule has 0 bridgehead atoms. The van der Waals surface area contributed by atoms with Gasteiger partial charge in [0.25, 0.3) is 0 Å². The third kappa shape index (κ3) is 9.43. The second kappa shape index (κ2) is 8.44. The Morgan fingerprint density at radius 1 is 1.47 bits per heavy atom. The van der Waals surface area contributed by atoms with Crippen LogP contribution in [0.25, 0.3) is 0 Å². The highest BCUT2D eigenvalue weighted by Crippen LogP contribution is 2.03. The Balaban J connectivity index is 3.18. The highest BCUT2D eigenvalue weighted by atomic mass is 16.5. The molecule has 0 aromatic carbocycles.